The van der Waals surface area contributed by atoms with Crippen LogP contribution in [0.3, 0.4) is 0 Å². The maximum atomic E-state index is 6.22. The van der Waals surface area contributed by atoms with Gasteiger partial charge in [-0.2, -0.15) is 0 Å². The van der Waals surface area contributed by atoms with Crippen molar-refractivity contribution in [3.63, 3.8) is 0 Å². The molecule has 0 atom stereocenters. The van der Waals surface area contributed by atoms with Gasteiger partial charge in [0.1, 0.15) is 11.2 Å². The Labute approximate surface area is 246 Å². The van der Waals surface area contributed by atoms with Crippen molar-refractivity contribution < 1.29 is 4.42 Å². The van der Waals surface area contributed by atoms with Crippen LogP contribution in [-0.2, 0) is 0 Å². The topological polar surface area (TPSA) is 90.5 Å². The molecule has 0 saturated carbocycles. The molecule has 0 N–H and O–H groups in total. The van der Waals surface area contributed by atoms with E-state index in [0.29, 0.717) is 22.8 Å². The van der Waals surface area contributed by atoms with Gasteiger partial charge in [-0.1, -0.05) is 60.7 Å². The van der Waals surface area contributed by atoms with Crippen LogP contribution in [0.1, 0.15) is 0 Å². The molecular formula is C36H22N6O. The normalized spacial score (nSPS) is 11.3. The van der Waals surface area contributed by atoms with E-state index in [-0.39, 0.29) is 0 Å². The van der Waals surface area contributed by atoms with E-state index >= 15 is 0 Å². The lowest BCUT2D eigenvalue weighted by Crippen LogP contribution is -1.94. The van der Waals surface area contributed by atoms with Gasteiger partial charge in [0.2, 0.25) is 5.71 Å². The van der Waals surface area contributed by atoms with Gasteiger partial charge in [0.15, 0.2) is 11.4 Å². The molecule has 8 aromatic rings. The molecule has 0 unspecified atom stereocenters. The van der Waals surface area contributed by atoms with E-state index in [4.69, 9.17) is 19.4 Å². The molecular weight excluding hydrogens is 532 g/mol. The van der Waals surface area contributed by atoms with Crippen molar-refractivity contribution >= 4 is 22.2 Å². The quantitative estimate of drug-likeness (QED) is 0.211. The first-order valence-corrected chi connectivity index (χ1v) is 13.9. The first-order valence-electron chi connectivity index (χ1n) is 13.9. The van der Waals surface area contributed by atoms with Crippen LogP contribution in [0.4, 0.5) is 0 Å². The second kappa shape index (κ2) is 10.4. The summed E-state index contributed by atoms with van der Waals surface area (Å²) in [5.74, 6) is 0.633. The first-order chi connectivity index (χ1) is 21.3. The summed E-state index contributed by atoms with van der Waals surface area (Å²) in [5, 5.41) is 0.858. The Bertz CT molecular complexity index is 2160. The fourth-order valence-electron chi connectivity index (χ4n) is 5.22. The Kier molecular flexibility index (Phi) is 5.97. The van der Waals surface area contributed by atoms with Crippen LogP contribution in [0.15, 0.2) is 138 Å². The summed E-state index contributed by atoms with van der Waals surface area (Å²) in [7, 11) is 0. The van der Waals surface area contributed by atoms with Crippen molar-refractivity contribution in [2.24, 2.45) is 0 Å². The van der Waals surface area contributed by atoms with Crippen LogP contribution in [-0.4, -0.2) is 29.9 Å². The van der Waals surface area contributed by atoms with Gasteiger partial charge in [0.05, 0.1) is 22.5 Å². The van der Waals surface area contributed by atoms with Crippen LogP contribution >= 0.6 is 0 Å². The third-order valence-electron chi connectivity index (χ3n) is 7.32. The summed E-state index contributed by atoms with van der Waals surface area (Å²) < 4.78 is 6.22. The van der Waals surface area contributed by atoms with Gasteiger partial charge in [0.25, 0.3) is 0 Å². The number of aromatic nitrogens is 6. The molecule has 0 aliphatic rings. The Balaban J connectivity index is 1.27. The standard InChI is InChI=1S/C36H22N6O/c1-2-8-25(9-3-1)35-41-32(34-33(42-35)28-11-7-19-39-36(28)43-34)24-15-13-23(14-16-24)27-20-30(26-10-6-17-37-22-26)40-31(21-27)29-12-4-5-18-38-29/h1-22H. The highest BCUT2D eigenvalue weighted by Gasteiger charge is 2.19. The lowest BCUT2D eigenvalue weighted by Gasteiger charge is -2.11. The predicted molar refractivity (Wildman–Crippen MR) is 168 cm³/mol. The molecule has 43 heavy (non-hydrogen) atoms. The molecule has 0 amide bonds. The monoisotopic (exact) mass is 554 g/mol. The number of fused-ring (bicyclic) bond motifs is 3. The minimum Gasteiger partial charge on any atom is -0.434 e. The fraction of sp³-hybridized carbons (Fsp3) is 0. The third kappa shape index (κ3) is 4.59. The van der Waals surface area contributed by atoms with E-state index < -0.39 is 0 Å². The average Bonchev–Trinajstić information content (AvgIpc) is 3.48. The van der Waals surface area contributed by atoms with E-state index in [1.54, 1.807) is 18.6 Å². The van der Waals surface area contributed by atoms with Crippen LogP contribution < -0.4 is 0 Å². The molecule has 0 aliphatic carbocycles. The van der Waals surface area contributed by atoms with Gasteiger partial charge < -0.3 is 4.42 Å². The molecule has 6 aromatic heterocycles. The number of rotatable bonds is 5. The Morgan fingerprint density at radius 2 is 1.26 bits per heavy atom. The van der Waals surface area contributed by atoms with Gasteiger partial charge in [-0.05, 0) is 59.7 Å². The van der Waals surface area contributed by atoms with Gasteiger partial charge in [-0.3, -0.25) is 9.97 Å². The smallest absolute Gasteiger partial charge is 0.229 e. The summed E-state index contributed by atoms with van der Waals surface area (Å²) in [5.41, 5.74) is 9.88. The fourth-order valence-corrected chi connectivity index (χ4v) is 5.22. The number of benzene rings is 2. The average molecular weight is 555 g/mol. The molecule has 2 aromatic carbocycles. The second-order valence-electron chi connectivity index (χ2n) is 10.1. The van der Waals surface area contributed by atoms with Gasteiger partial charge in [-0.25, -0.2) is 19.9 Å². The van der Waals surface area contributed by atoms with Crippen molar-refractivity contribution in [3.8, 4) is 56.4 Å². The Morgan fingerprint density at radius 3 is 2.07 bits per heavy atom. The molecule has 0 fully saturated rings. The van der Waals surface area contributed by atoms with Crippen LogP contribution in [0.2, 0.25) is 0 Å². The zero-order valence-corrected chi connectivity index (χ0v) is 22.8. The van der Waals surface area contributed by atoms with Crippen LogP contribution in [0.25, 0.3) is 78.6 Å². The minimum atomic E-state index is 0.539. The van der Waals surface area contributed by atoms with Crippen molar-refractivity contribution in [2.75, 3.05) is 0 Å². The summed E-state index contributed by atoms with van der Waals surface area (Å²) in [6.07, 6.45) is 7.09. The van der Waals surface area contributed by atoms with Crippen molar-refractivity contribution in [3.05, 3.63) is 134 Å². The Morgan fingerprint density at radius 1 is 0.488 bits per heavy atom. The van der Waals surface area contributed by atoms with E-state index in [1.807, 2.05) is 79.0 Å². The number of pyridine rings is 4. The van der Waals surface area contributed by atoms with E-state index in [1.165, 1.54) is 0 Å². The molecule has 202 valence electrons. The van der Waals surface area contributed by atoms with Crippen LogP contribution in [0.5, 0.6) is 0 Å². The zero-order chi connectivity index (χ0) is 28.6. The second-order valence-corrected chi connectivity index (χ2v) is 10.1. The maximum absolute atomic E-state index is 6.22. The lowest BCUT2D eigenvalue weighted by molar-refractivity contribution is 0.652. The number of furan rings is 1. The van der Waals surface area contributed by atoms with Crippen molar-refractivity contribution in [1.82, 2.24) is 29.9 Å². The van der Waals surface area contributed by atoms with E-state index in [2.05, 4.69) is 51.4 Å². The maximum Gasteiger partial charge on any atom is 0.229 e. The highest BCUT2D eigenvalue weighted by atomic mass is 16.3. The van der Waals surface area contributed by atoms with Crippen molar-refractivity contribution in [1.29, 1.82) is 0 Å². The van der Waals surface area contributed by atoms with Crippen molar-refractivity contribution in [2.45, 2.75) is 0 Å². The molecule has 0 spiro atoms. The summed E-state index contributed by atoms with van der Waals surface area (Å²) >= 11 is 0. The molecule has 7 nitrogen and oxygen atoms in total. The highest BCUT2D eigenvalue weighted by Crippen LogP contribution is 2.36. The van der Waals surface area contributed by atoms with Gasteiger partial charge >= 0.3 is 0 Å². The predicted octanol–water partition coefficient (Wildman–Crippen LogP) is 8.29. The van der Waals surface area contributed by atoms with Gasteiger partial charge in [0, 0.05) is 41.5 Å². The highest BCUT2D eigenvalue weighted by molar-refractivity contribution is 6.06. The minimum absolute atomic E-state index is 0.539. The molecule has 0 radical (unpaired) electrons. The molecule has 7 heteroatoms. The largest absolute Gasteiger partial charge is 0.434 e. The summed E-state index contributed by atoms with van der Waals surface area (Å²) in [6, 6.07) is 36.1. The van der Waals surface area contributed by atoms with E-state index in [0.717, 1.165) is 55.8 Å². The molecule has 0 saturated heterocycles. The number of hydrogen-bond donors (Lipinski definition) is 0. The van der Waals surface area contributed by atoms with E-state index in [9.17, 15) is 0 Å². The SMILES string of the molecule is c1ccc(-c2nc(-c3ccc(-c4cc(-c5cccnc5)nc(-c5ccccn5)c4)cc3)c3oc4ncccc4c3n2)cc1. The van der Waals surface area contributed by atoms with Crippen LogP contribution in [0, 0.1) is 0 Å². The molecule has 6 heterocycles. The first kappa shape index (κ1) is 24.7. The number of hydrogen-bond acceptors (Lipinski definition) is 7. The molecule has 0 aliphatic heterocycles. The summed E-state index contributed by atoms with van der Waals surface area (Å²) in [4.78, 5) is 28.1. The lowest BCUT2D eigenvalue weighted by atomic mass is 9.99. The zero-order valence-electron chi connectivity index (χ0n) is 22.8. The molecule has 8 rings (SSSR count). The summed E-state index contributed by atoms with van der Waals surface area (Å²) in [6.45, 7) is 0. The van der Waals surface area contributed by atoms with Gasteiger partial charge in [-0.15, -0.1) is 0 Å². The molecule has 0 bridgehead atoms. The number of nitrogens with zero attached hydrogens (tertiary/aromatic N) is 6. The third-order valence-corrected chi connectivity index (χ3v) is 7.32. The Hall–Kier alpha value is -6.08.